The highest BCUT2D eigenvalue weighted by Crippen LogP contribution is 2.37. The molecule has 0 atom stereocenters. The van der Waals surface area contributed by atoms with Crippen molar-refractivity contribution in [2.75, 3.05) is 58.2 Å². The second-order valence-electron chi connectivity index (χ2n) is 9.28. The van der Waals surface area contributed by atoms with Gasteiger partial charge in [0.05, 0.1) is 43.1 Å². The van der Waals surface area contributed by atoms with Gasteiger partial charge in [0, 0.05) is 22.9 Å². The second-order valence-corrected chi connectivity index (χ2v) is 9.64. The molecule has 0 saturated carbocycles. The SMILES string of the molecule is Clc1ncnc2cc3c(cc12)OCCOCCO3.Oc1ccccc1Nc1ncnc2cc3c(cc12)OCCOCCO3. The molecule has 2 aromatic heterocycles. The van der Waals surface area contributed by atoms with E-state index in [4.69, 9.17) is 40.0 Å². The van der Waals surface area contributed by atoms with Crippen molar-refractivity contribution < 1.29 is 33.5 Å². The van der Waals surface area contributed by atoms with Crippen LogP contribution in [0.25, 0.3) is 21.8 Å². The molecule has 7 rings (SSSR count). The molecular weight excluding hydrogens is 578 g/mol. The van der Waals surface area contributed by atoms with Gasteiger partial charge >= 0.3 is 0 Å². The fourth-order valence-corrected chi connectivity index (χ4v) is 4.60. The summed E-state index contributed by atoms with van der Waals surface area (Å²) in [5, 5.41) is 15.0. The van der Waals surface area contributed by atoms with Crippen LogP contribution >= 0.6 is 11.6 Å². The summed E-state index contributed by atoms with van der Waals surface area (Å²) in [5.74, 6) is 3.27. The van der Waals surface area contributed by atoms with Crippen molar-refractivity contribution in [1.29, 1.82) is 0 Å². The van der Waals surface area contributed by atoms with Crippen LogP contribution in [0.2, 0.25) is 5.15 Å². The first-order valence-corrected chi connectivity index (χ1v) is 14.0. The van der Waals surface area contributed by atoms with E-state index in [1.165, 1.54) is 12.7 Å². The molecule has 5 aromatic rings. The number of phenols is 1. The number of nitrogens with one attached hydrogen (secondary N) is 1. The van der Waals surface area contributed by atoms with E-state index in [1.54, 1.807) is 24.3 Å². The molecule has 0 radical (unpaired) electrons. The van der Waals surface area contributed by atoms with E-state index in [-0.39, 0.29) is 5.75 Å². The smallest absolute Gasteiger partial charge is 0.163 e. The molecule has 0 saturated heterocycles. The number of fused-ring (bicyclic) bond motifs is 4. The second kappa shape index (κ2) is 13.6. The third kappa shape index (κ3) is 6.88. The van der Waals surface area contributed by atoms with Gasteiger partial charge in [-0.1, -0.05) is 23.7 Å². The van der Waals surface area contributed by atoms with Gasteiger partial charge in [0.25, 0.3) is 0 Å². The van der Waals surface area contributed by atoms with Gasteiger partial charge in [0.2, 0.25) is 0 Å². The van der Waals surface area contributed by atoms with Crippen LogP contribution in [-0.4, -0.2) is 77.9 Å². The summed E-state index contributed by atoms with van der Waals surface area (Å²) in [6.07, 6.45) is 2.90. The average molecular weight is 606 g/mol. The highest BCUT2D eigenvalue weighted by molar-refractivity contribution is 6.34. The number of aromatic hydroxyl groups is 1. The van der Waals surface area contributed by atoms with E-state index in [2.05, 4.69) is 25.3 Å². The minimum atomic E-state index is 0.147. The molecule has 0 bridgehead atoms. The lowest BCUT2D eigenvalue weighted by atomic mass is 10.2. The number of phenolic OH excluding ortho intramolecular Hbond substituents is 1. The Labute approximate surface area is 251 Å². The van der Waals surface area contributed by atoms with Gasteiger partial charge in [-0.3, -0.25) is 0 Å². The van der Waals surface area contributed by atoms with Crippen LogP contribution in [-0.2, 0) is 9.47 Å². The molecule has 43 heavy (non-hydrogen) atoms. The van der Waals surface area contributed by atoms with Crippen LogP contribution in [0.4, 0.5) is 11.5 Å². The Morgan fingerprint density at radius 2 is 1.12 bits per heavy atom. The normalized spacial score (nSPS) is 15.0. The van der Waals surface area contributed by atoms with Crippen LogP contribution in [0.1, 0.15) is 0 Å². The Morgan fingerprint density at radius 3 is 1.72 bits per heavy atom. The third-order valence-electron chi connectivity index (χ3n) is 6.45. The summed E-state index contributed by atoms with van der Waals surface area (Å²) in [6.45, 7) is 3.98. The van der Waals surface area contributed by atoms with E-state index in [0.717, 1.165) is 21.8 Å². The lowest BCUT2D eigenvalue weighted by Crippen LogP contribution is -2.08. The molecule has 4 heterocycles. The first-order chi connectivity index (χ1) is 21.2. The van der Waals surface area contributed by atoms with Crippen molar-refractivity contribution in [3.05, 3.63) is 66.3 Å². The number of hydrogen-bond donors (Lipinski definition) is 2. The molecule has 222 valence electrons. The summed E-state index contributed by atoms with van der Waals surface area (Å²) in [7, 11) is 0. The summed E-state index contributed by atoms with van der Waals surface area (Å²) in [4.78, 5) is 16.7. The predicted molar refractivity (Wildman–Crippen MR) is 159 cm³/mol. The van der Waals surface area contributed by atoms with Crippen molar-refractivity contribution in [1.82, 2.24) is 19.9 Å². The Morgan fingerprint density at radius 1 is 0.605 bits per heavy atom. The monoisotopic (exact) mass is 605 g/mol. The molecule has 2 aliphatic rings. The molecule has 13 heteroatoms. The zero-order chi connectivity index (χ0) is 29.4. The quantitative estimate of drug-likeness (QED) is 0.208. The van der Waals surface area contributed by atoms with Gasteiger partial charge in [0.1, 0.15) is 55.8 Å². The predicted octanol–water partition coefficient (Wildman–Crippen LogP) is 4.94. The topological polar surface area (TPSA) is 139 Å². The van der Waals surface area contributed by atoms with Crippen molar-refractivity contribution >= 4 is 44.9 Å². The molecule has 0 unspecified atom stereocenters. The molecule has 12 nitrogen and oxygen atoms in total. The van der Waals surface area contributed by atoms with Crippen LogP contribution in [0.15, 0.2) is 61.2 Å². The number of rotatable bonds is 2. The largest absolute Gasteiger partial charge is 0.506 e. The van der Waals surface area contributed by atoms with Gasteiger partial charge in [0.15, 0.2) is 23.0 Å². The number of aromatic nitrogens is 4. The number of benzene rings is 3. The maximum absolute atomic E-state index is 9.97. The van der Waals surface area contributed by atoms with Crippen molar-refractivity contribution in [2.45, 2.75) is 0 Å². The highest BCUT2D eigenvalue weighted by Gasteiger charge is 2.15. The summed E-state index contributed by atoms with van der Waals surface area (Å²) in [5.41, 5.74) is 2.02. The number of anilines is 2. The van der Waals surface area contributed by atoms with Gasteiger partial charge in [-0.05, 0) is 24.3 Å². The Hall–Kier alpha value is -4.65. The van der Waals surface area contributed by atoms with E-state index in [0.29, 0.717) is 92.5 Å². The van der Waals surface area contributed by atoms with Gasteiger partial charge in [-0.25, -0.2) is 19.9 Å². The molecule has 0 amide bonds. The molecular formula is C30H28ClN5O7. The van der Waals surface area contributed by atoms with Crippen LogP contribution in [0.5, 0.6) is 28.7 Å². The van der Waals surface area contributed by atoms with Crippen LogP contribution in [0.3, 0.4) is 0 Å². The molecule has 0 spiro atoms. The minimum absolute atomic E-state index is 0.147. The Balaban J connectivity index is 0.000000162. The summed E-state index contributed by atoms with van der Waals surface area (Å²) < 4.78 is 33.4. The lowest BCUT2D eigenvalue weighted by Gasteiger charge is -2.14. The van der Waals surface area contributed by atoms with Crippen molar-refractivity contribution in [2.24, 2.45) is 0 Å². The number of halogens is 1. The molecule has 2 N–H and O–H groups in total. The molecule has 3 aromatic carbocycles. The summed E-state index contributed by atoms with van der Waals surface area (Å²) in [6, 6.07) is 14.3. The van der Waals surface area contributed by atoms with E-state index in [9.17, 15) is 5.11 Å². The standard InChI is InChI=1S/C18H17N3O4.C12H11ClN2O3/c22-15-4-2-1-3-13(15)21-18-12-9-16-17(10-14(12)19-11-20-18)25-8-6-23-5-7-24-16;13-12-8-5-10-11(6-9(8)14-7-15-12)18-4-2-16-1-3-17-10/h1-4,9-11,22H,5-8H2,(H,19,20,21);5-7H,1-4H2. The zero-order valence-electron chi connectivity index (χ0n) is 23.0. The number of ether oxygens (including phenoxy) is 6. The first-order valence-electron chi connectivity index (χ1n) is 13.6. The van der Waals surface area contributed by atoms with E-state index in [1.807, 2.05) is 24.3 Å². The average Bonchev–Trinajstić information content (AvgIpc) is 3.21. The number of para-hydroxylation sites is 2. The van der Waals surface area contributed by atoms with Gasteiger partial charge in [-0.2, -0.15) is 0 Å². The van der Waals surface area contributed by atoms with Gasteiger partial charge in [-0.15, -0.1) is 0 Å². The minimum Gasteiger partial charge on any atom is -0.506 e. The molecule has 0 fully saturated rings. The Kier molecular flexibility index (Phi) is 8.97. The zero-order valence-corrected chi connectivity index (χ0v) is 23.7. The number of hydrogen-bond acceptors (Lipinski definition) is 12. The lowest BCUT2D eigenvalue weighted by molar-refractivity contribution is 0.0877. The molecule has 2 aliphatic heterocycles. The van der Waals surface area contributed by atoms with Crippen molar-refractivity contribution in [3.63, 3.8) is 0 Å². The van der Waals surface area contributed by atoms with Crippen LogP contribution < -0.4 is 24.3 Å². The van der Waals surface area contributed by atoms with E-state index < -0.39 is 0 Å². The fraction of sp³-hybridized carbons (Fsp3) is 0.267. The fourth-order valence-electron chi connectivity index (χ4n) is 4.40. The highest BCUT2D eigenvalue weighted by atomic mass is 35.5. The van der Waals surface area contributed by atoms with Crippen molar-refractivity contribution in [3.8, 4) is 28.7 Å². The maximum Gasteiger partial charge on any atom is 0.163 e. The third-order valence-corrected chi connectivity index (χ3v) is 6.75. The maximum atomic E-state index is 9.97. The molecule has 0 aliphatic carbocycles. The Bertz CT molecular complexity index is 1720. The van der Waals surface area contributed by atoms with Gasteiger partial charge < -0.3 is 38.8 Å². The number of nitrogens with zero attached hydrogens (tertiary/aromatic N) is 4. The summed E-state index contributed by atoms with van der Waals surface area (Å²) >= 11 is 6.03. The first kappa shape index (κ1) is 28.5. The van der Waals surface area contributed by atoms with E-state index >= 15 is 0 Å². The van der Waals surface area contributed by atoms with Crippen LogP contribution in [0, 0.1) is 0 Å².